The molecular formula is C25H25F3. The Morgan fingerprint density at radius 2 is 1.18 bits per heavy atom. The smallest absolute Gasteiger partial charge is 0.194 e. The maximum absolute atomic E-state index is 13.3. The summed E-state index contributed by atoms with van der Waals surface area (Å²) in [6, 6.07) is 10.0. The first-order chi connectivity index (χ1) is 13.6. The number of halogens is 3. The van der Waals surface area contributed by atoms with Crippen molar-refractivity contribution in [1.29, 1.82) is 0 Å². The first-order valence-corrected chi connectivity index (χ1v) is 10.4. The molecule has 0 heterocycles. The molecule has 0 spiro atoms. The standard InChI is InChI=1S/C25H25F3/c26-23-15-18(16-24(27)25(23)28)6-5-17-7-9-20(10-8-17)22-13-11-21(12-14-22)19-3-1-2-4-19/h7-10,15-16,19,21-22H,1-4,11-14H2/t21-,22-. The zero-order valence-corrected chi connectivity index (χ0v) is 16.0. The molecule has 0 amide bonds. The van der Waals surface area contributed by atoms with E-state index in [1.807, 2.05) is 12.1 Å². The van der Waals surface area contributed by atoms with Crippen LogP contribution < -0.4 is 0 Å². The van der Waals surface area contributed by atoms with Crippen molar-refractivity contribution in [3.8, 4) is 11.8 Å². The van der Waals surface area contributed by atoms with Gasteiger partial charge in [0.25, 0.3) is 0 Å². The fourth-order valence-corrected chi connectivity index (χ4v) is 4.96. The zero-order valence-electron chi connectivity index (χ0n) is 16.0. The topological polar surface area (TPSA) is 0 Å². The minimum atomic E-state index is -1.46. The molecule has 0 nitrogen and oxygen atoms in total. The maximum atomic E-state index is 13.3. The van der Waals surface area contributed by atoms with Crippen LogP contribution in [-0.2, 0) is 0 Å². The van der Waals surface area contributed by atoms with Gasteiger partial charge in [-0.15, -0.1) is 0 Å². The second-order valence-corrected chi connectivity index (χ2v) is 8.28. The average molecular weight is 382 g/mol. The number of hydrogen-bond donors (Lipinski definition) is 0. The van der Waals surface area contributed by atoms with Crippen molar-refractivity contribution < 1.29 is 13.2 Å². The SMILES string of the molecule is Fc1cc(C#Cc2ccc([C@H]3CC[C@H](C4CCCC4)CC3)cc2)cc(F)c1F. The van der Waals surface area contributed by atoms with Crippen LogP contribution >= 0.6 is 0 Å². The van der Waals surface area contributed by atoms with Gasteiger partial charge in [-0.3, -0.25) is 0 Å². The summed E-state index contributed by atoms with van der Waals surface area (Å²) in [6.45, 7) is 0. The third-order valence-electron chi connectivity index (χ3n) is 6.56. The summed E-state index contributed by atoms with van der Waals surface area (Å²) in [5.74, 6) is 4.25. The molecule has 2 fully saturated rings. The van der Waals surface area contributed by atoms with E-state index in [0.717, 1.165) is 29.5 Å². The van der Waals surface area contributed by atoms with Crippen molar-refractivity contribution in [3.63, 3.8) is 0 Å². The van der Waals surface area contributed by atoms with E-state index in [1.165, 1.54) is 56.9 Å². The largest absolute Gasteiger partial charge is 0.204 e. The van der Waals surface area contributed by atoms with Crippen LogP contribution in [0.5, 0.6) is 0 Å². The molecule has 0 radical (unpaired) electrons. The van der Waals surface area contributed by atoms with Crippen molar-refractivity contribution in [3.05, 3.63) is 70.5 Å². The number of benzene rings is 2. The summed E-state index contributed by atoms with van der Waals surface area (Å²) < 4.78 is 39.5. The van der Waals surface area contributed by atoms with Gasteiger partial charge < -0.3 is 0 Å². The lowest BCUT2D eigenvalue weighted by atomic mass is 9.73. The Labute approximate surface area is 165 Å². The molecule has 2 aliphatic rings. The van der Waals surface area contributed by atoms with E-state index in [1.54, 1.807) is 0 Å². The summed E-state index contributed by atoms with van der Waals surface area (Å²) in [5, 5.41) is 0. The monoisotopic (exact) mass is 382 g/mol. The molecule has 2 aliphatic carbocycles. The van der Waals surface area contributed by atoms with Gasteiger partial charge in [0.2, 0.25) is 0 Å². The third kappa shape index (κ3) is 4.27. The fraction of sp³-hybridized carbons (Fsp3) is 0.440. The number of hydrogen-bond acceptors (Lipinski definition) is 0. The highest BCUT2D eigenvalue weighted by atomic mass is 19.2. The normalized spacial score (nSPS) is 22.7. The van der Waals surface area contributed by atoms with E-state index in [0.29, 0.717) is 5.92 Å². The van der Waals surface area contributed by atoms with Gasteiger partial charge in [0.05, 0.1) is 0 Å². The maximum Gasteiger partial charge on any atom is 0.194 e. The molecule has 0 unspecified atom stereocenters. The molecular weight excluding hydrogens is 357 g/mol. The van der Waals surface area contributed by atoms with Gasteiger partial charge in [-0.25, -0.2) is 13.2 Å². The molecule has 3 heteroatoms. The van der Waals surface area contributed by atoms with Gasteiger partial charge in [-0.2, -0.15) is 0 Å². The van der Waals surface area contributed by atoms with Crippen molar-refractivity contribution in [2.75, 3.05) is 0 Å². The lowest BCUT2D eigenvalue weighted by Gasteiger charge is -2.32. The second-order valence-electron chi connectivity index (χ2n) is 8.28. The molecule has 2 aromatic rings. The predicted molar refractivity (Wildman–Crippen MR) is 105 cm³/mol. The first-order valence-electron chi connectivity index (χ1n) is 10.4. The van der Waals surface area contributed by atoms with Gasteiger partial charge in [-0.1, -0.05) is 49.7 Å². The van der Waals surface area contributed by atoms with E-state index in [4.69, 9.17) is 0 Å². The molecule has 0 atom stereocenters. The highest BCUT2D eigenvalue weighted by Crippen LogP contribution is 2.43. The Hall–Kier alpha value is -2.21. The van der Waals surface area contributed by atoms with Crippen molar-refractivity contribution in [1.82, 2.24) is 0 Å². The van der Waals surface area contributed by atoms with Crippen LogP contribution in [0.25, 0.3) is 0 Å². The Balaban J connectivity index is 1.38. The van der Waals surface area contributed by atoms with Crippen LogP contribution in [0.15, 0.2) is 36.4 Å². The van der Waals surface area contributed by atoms with Gasteiger partial charge in [0, 0.05) is 11.1 Å². The van der Waals surface area contributed by atoms with E-state index in [9.17, 15) is 13.2 Å². The minimum Gasteiger partial charge on any atom is -0.204 e. The van der Waals surface area contributed by atoms with E-state index >= 15 is 0 Å². The predicted octanol–water partition coefficient (Wildman–Crippen LogP) is 6.97. The Morgan fingerprint density at radius 3 is 1.79 bits per heavy atom. The summed E-state index contributed by atoms with van der Waals surface area (Å²) >= 11 is 0. The van der Waals surface area contributed by atoms with Crippen LogP contribution in [0.3, 0.4) is 0 Å². The molecule has 2 aromatic carbocycles. The van der Waals surface area contributed by atoms with E-state index < -0.39 is 17.5 Å². The number of rotatable bonds is 2. The lowest BCUT2D eigenvalue weighted by Crippen LogP contribution is -2.19. The molecule has 0 aliphatic heterocycles. The van der Waals surface area contributed by atoms with Crippen molar-refractivity contribution in [2.45, 2.75) is 57.3 Å². The highest BCUT2D eigenvalue weighted by molar-refractivity contribution is 5.44. The Bertz CT molecular complexity index is 851. The molecule has 4 rings (SSSR count). The Kier molecular flexibility index (Phi) is 5.76. The molecule has 146 valence electrons. The second kappa shape index (κ2) is 8.43. The van der Waals surface area contributed by atoms with Gasteiger partial charge in [-0.05, 0) is 73.3 Å². The quantitative estimate of drug-likeness (QED) is 0.389. The van der Waals surface area contributed by atoms with Crippen LogP contribution in [-0.4, -0.2) is 0 Å². The third-order valence-corrected chi connectivity index (χ3v) is 6.56. The van der Waals surface area contributed by atoms with Gasteiger partial charge in [0.1, 0.15) is 0 Å². The van der Waals surface area contributed by atoms with Crippen LogP contribution in [0.1, 0.15) is 74.0 Å². The summed E-state index contributed by atoms with van der Waals surface area (Å²) in [7, 11) is 0. The van der Waals surface area contributed by atoms with Crippen molar-refractivity contribution in [2.24, 2.45) is 11.8 Å². The molecule has 0 N–H and O–H groups in total. The molecule has 0 saturated heterocycles. The van der Waals surface area contributed by atoms with Crippen molar-refractivity contribution >= 4 is 0 Å². The summed E-state index contributed by atoms with van der Waals surface area (Å²) in [4.78, 5) is 0. The van der Waals surface area contributed by atoms with E-state index in [2.05, 4.69) is 24.0 Å². The fourth-order valence-electron chi connectivity index (χ4n) is 4.96. The van der Waals surface area contributed by atoms with Crippen LogP contribution in [0.4, 0.5) is 13.2 Å². The van der Waals surface area contributed by atoms with E-state index in [-0.39, 0.29) is 5.56 Å². The van der Waals surface area contributed by atoms with Crippen LogP contribution in [0, 0.1) is 41.1 Å². The summed E-state index contributed by atoms with van der Waals surface area (Å²) in [5.41, 5.74) is 2.27. The zero-order chi connectivity index (χ0) is 19.5. The Morgan fingerprint density at radius 1 is 0.643 bits per heavy atom. The molecule has 2 saturated carbocycles. The summed E-state index contributed by atoms with van der Waals surface area (Å²) in [6.07, 6.45) is 10.9. The molecule has 28 heavy (non-hydrogen) atoms. The molecule has 0 aromatic heterocycles. The first kappa shape index (κ1) is 19.1. The average Bonchev–Trinajstić information content (AvgIpc) is 3.26. The molecule has 0 bridgehead atoms. The van der Waals surface area contributed by atoms with Gasteiger partial charge >= 0.3 is 0 Å². The highest BCUT2D eigenvalue weighted by Gasteiger charge is 2.29. The lowest BCUT2D eigenvalue weighted by molar-refractivity contribution is 0.235. The van der Waals surface area contributed by atoms with Crippen LogP contribution in [0.2, 0.25) is 0 Å². The minimum absolute atomic E-state index is 0.130. The van der Waals surface area contributed by atoms with Gasteiger partial charge in [0.15, 0.2) is 17.5 Å².